The number of hydrogen-bond donors (Lipinski definition) is 1. The molecular weight excluding hydrogens is 358 g/mol. The van der Waals surface area contributed by atoms with E-state index >= 15 is 0 Å². The van der Waals surface area contributed by atoms with Crippen LogP contribution in [0.5, 0.6) is 0 Å². The van der Waals surface area contributed by atoms with Gasteiger partial charge in [-0.25, -0.2) is 8.42 Å². The number of hydrogen-bond acceptors (Lipinski definition) is 5. The zero-order valence-electron chi connectivity index (χ0n) is 14.4. The van der Waals surface area contributed by atoms with Crippen molar-refractivity contribution in [2.24, 2.45) is 0 Å². The second-order valence-corrected chi connectivity index (χ2v) is 7.67. The van der Waals surface area contributed by atoms with Crippen molar-refractivity contribution in [3.63, 3.8) is 0 Å². The lowest BCUT2D eigenvalue weighted by Gasteiger charge is -2.23. The molecule has 0 saturated carbocycles. The third-order valence-electron chi connectivity index (χ3n) is 3.69. The monoisotopic (exact) mass is 377 g/mol. The standard InChI is InChI=1S/C17H19N3O5S/c1-13-8-9-15(20(22)23)10-16(13)19(26(2,24)25)12-17(21)18-11-14-6-4-3-5-7-14/h3-10H,11-12H2,1-2H3,(H,18,21). The highest BCUT2D eigenvalue weighted by molar-refractivity contribution is 7.92. The molecule has 138 valence electrons. The molecule has 0 bridgehead atoms. The number of nitro groups is 1. The molecule has 0 atom stereocenters. The normalized spacial score (nSPS) is 11.0. The number of non-ortho nitro benzene ring substituents is 1. The number of benzene rings is 2. The first-order valence-corrected chi connectivity index (χ1v) is 9.56. The molecule has 0 aromatic heterocycles. The predicted octanol–water partition coefficient (Wildman–Crippen LogP) is 1.99. The minimum absolute atomic E-state index is 0.108. The van der Waals surface area contributed by atoms with Crippen molar-refractivity contribution in [2.75, 3.05) is 17.1 Å². The van der Waals surface area contributed by atoms with Crippen molar-refractivity contribution in [1.29, 1.82) is 0 Å². The number of nitro benzene ring substituents is 1. The zero-order chi connectivity index (χ0) is 19.3. The Hall–Kier alpha value is -2.94. The molecule has 0 radical (unpaired) electrons. The van der Waals surface area contributed by atoms with Gasteiger partial charge in [0.15, 0.2) is 0 Å². The topological polar surface area (TPSA) is 110 Å². The number of carbonyl (C=O) groups excluding carboxylic acids is 1. The highest BCUT2D eigenvalue weighted by Crippen LogP contribution is 2.27. The molecule has 2 aromatic carbocycles. The summed E-state index contributed by atoms with van der Waals surface area (Å²) in [6.45, 7) is 1.41. The highest BCUT2D eigenvalue weighted by Gasteiger charge is 2.24. The van der Waals surface area contributed by atoms with Crippen LogP contribution in [-0.2, 0) is 21.4 Å². The molecule has 0 heterocycles. The number of nitrogens with zero attached hydrogens (tertiary/aromatic N) is 2. The molecule has 0 fully saturated rings. The van der Waals surface area contributed by atoms with E-state index in [1.54, 1.807) is 6.92 Å². The van der Waals surface area contributed by atoms with Crippen LogP contribution in [0.2, 0.25) is 0 Å². The van der Waals surface area contributed by atoms with Crippen LogP contribution in [0.15, 0.2) is 48.5 Å². The summed E-state index contributed by atoms with van der Waals surface area (Å²) in [6, 6.07) is 13.1. The summed E-state index contributed by atoms with van der Waals surface area (Å²) in [6.07, 6.45) is 0.954. The summed E-state index contributed by atoms with van der Waals surface area (Å²) in [5, 5.41) is 13.6. The minimum atomic E-state index is -3.81. The van der Waals surface area contributed by atoms with Crippen LogP contribution in [0.4, 0.5) is 11.4 Å². The van der Waals surface area contributed by atoms with Gasteiger partial charge in [0, 0.05) is 18.7 Å². The Labute approximate surface area is 151 Å². The van der Waals surface area contributed by atoms with Crippen LogP contribution < -0.4 is 9.62 Å². The van der Waals surface area contributed by atoms with Gasteiger partial charge in [-0.05, 0) is 18.1 Å². The minimum Gasteiger partial charge on any atom is -0.350 e. The average Bonchev–Trinajstić information content (AvgIpc) is 2.58. The van der Waals surface area contributed by atoms with Crippen molar-refractivity contribution in [2.45, 2.75) is 13.5 Å². The molecule has 0 spiro atoms. The first-order valence-electron chi connectivity index (χ1n) is 7.72. The Morgan fingerprint density at radius 3 is 2.42 bits per heavy atom. The maximum Gasteiger partial charge on any atom is 0.271 e. The Bertz CT molecular complexity index is 913. The fourth-order valence-corrected chi connectivity index (χ4v) is 3.25. The van der Waals surface area contributed by atoms with Gasteiger partial charge >= 0.3 is 0 Å². The van der Waals surface area contributed by atoms with Crippen LogP contribution in [-0.4, -0.2) is 32.0 Å². The van der Waals surface area contributed by atoms with E-state index in [1.165, 1.54) is 12.1 Å². The first kappa shape index (κ1) is 19.4. The van der Waals surface area contributed by atoms with Gasteiger partial charge in [-0.3, -0.25) is 19.2 Å². The first-order chi connectivity index (χ1) is 12.2. The van der Waals surface area contributed by atoms with Gasteiger partial charge in [-0.2, -0.15) is 0 Å². The number of carbonyl (C=O) groups is 1. The van der Waals surface area contributed by atoms with E-state index in [0.717, 1.165) is 22.2 Å². The van der Waals surface area contributed by atoms with Crippen LogP contribution in [0.3, 0.4) is 0 Å². The molecule has 8 nitrogen and oxygen atoms in total. The number of nitrogens with one attached hydrogen (secondary N) is 1. The summed E-state index contributed by atoms with van der Waals surface area (Å²) >= 11 is 0. The third-order valence-corrected chi connectivity index (χ3v) is 4.82. The molecule has 1 N–H and O–H groups in total. The number of rotatable bonds is 7. The summed E-state index contributed by atoms with van der Waals surface area (Å²) in [7, 11) is -3.81. The molecule has 0 unspecified atom stereocenters. The van der Waals surface area contributed by atoms with E-state index in [-0.39, 0.29) is 17.9 Å². The third kappa shape index (κ3) is 5.03. The maximum absolute atomic E-state index is 12.2. The van der Waals surface area contributed by atoms with Crippen molar-refractivity contribution >= 4 is 27.3 Å². The lowest BCUT2D eigenvalue weighted by atomic mass is 10.2. The Morgan fingerprint density at radius 1 is 1.19 bits per heavy atom. The van der Waals surface area contributed by atoms with Crippen LogP contribution in [0, 0.1) is 17.0 Å². The van der Waals surface area contributed by atoms with E-state index < -0.39 is 27.4 Å². The molecule has 0 aliphatic rings. The fraction of sp³-hybridized carbons (Fsp3) is 0.235. The van der Waals surface area contributed by atoms with Crippen molar-refractivity contribution < 1.29 is 18.1 Å². The molecule has 2 rings (SSSR count). The lowest BCUT2D eigenvalue weighted by molar-refractivity contribution is -0.384. The summed E-state index contributed by atoms with van der Waals surface area (Å²) in [5.74, 6) is -0.509. The van der Waals surface area contributed by atoms with Gasteiger partial charge in [0.1, 0.15) is 6.54 Å². The maximum atomic E-state index is 12.2. The Morgan fingerprint density at radius 2 is 1.85 bits per heavy atom. The fourth-order valence-electron chi connectivity index (χ4n) is 2.34. The number of aryl methyl sites for hydroxylation is 1. The highest BCUT2D eigenvalue weighted by atomic mass is 32.2. The van der Waals surface area contributed by atoms with Crippen LogP contribution in [0.25, 0.3) is 0 Å². The molecule has 9 heteroatoms. The second kappa shape index (κ2) is 7.96. The largest absolute Gasteiger partial charge is 0.350 e. The van der Waals surface area contributed by atoms with Crippen molar-refractivity contribution in [3.8, 4) is 0 Å². The van der Waals surface area contributed by atoms with E-state index in [4.69, 9.17) is 0 Å². The molecule has 0 saturated heterocycles. The van der Waals surface area contributed by atoms with Crippen LogP contribution >= 0.6 is 0 Å². The Kier molecular flexibility index (Phi) is 5.93. The lowest BCUT2D eigenvalue weighted by Crippen LogP contribution is -2.40. The summed E-state index contributed by atoms with van der Waals surface area (Å²) < 4.78 is 25.2. The summed E-state index contributed by atoms with van der Waals surface area (Å²) in [4.78, 5) is 22.6. The van der Waals surface area contributed by atoms with Gasteiger partial charge < -0.3 is 5.32 Å². The van der Waals surface area contributed by atoms with E-state index in [9.17, 15) is 23.3 Å². The van der Waals surface area contributed by atoms with Crippen molar-refractivity contribution in [3.05, 3.63) is 69.8 Å². The number of sulfonamides is 1. The predicted molar refractivity (Wildman–Crippen MR) is 98.3 cm³/mol. The molecule has 1 amide bonds. The van der Waals surface area contributed by atoms with Gasteiger partial charge in [0.2, 0.25) is 15.9 Å². The van der Waals surface area contributed by atoms with E-state index in [0.29, 0.717) is 5.56 Å². The molecular formula is C17H19N3O5S. The molecule has 26 heavy (non-hydrogen) atoms. The van der Waals surface area contributed by atoms with Gasteiger partial charge in [-0.1, -0.05) is 36.4 Å². The molecule has 0 aliphatic carbocycles. The van der Waals surface area contributed by atoms with Gasteiger partial charge in [0.05, 0.1) is 16.9 Å². The average molecular weight is 377 g/mol. The zero-order valence-corrected chi connectivity index (χ0v) is 15.2. The quantitative estimate of drug-likeness (QED) is 0.586. The van der Waals surface area contributed by atoms with Crippen LogP contribution in [0.1, 0.15) is 11.1 Å². The molecule has 2 aromatic rings. The Balaban J connectivity index is 2.22. The van der Waals surface area contributed by atoms with E-state index in [1.807, 2.05) is 30.3 Å². The van der Waals surface area contributed by atoms with Gasteiger partial charge in [0.25, 0.3) is 5.69 Å². The van der Waals surface area contributed by atoms with E-state index in [2.05, 4.69) is 5.32 Å². The molecule has 0 aliphatic heterocycles. The second-order valence-electron chi connectivity index (χ2n) is 5.76. The number of anilines is 1. The van der Waals surface area contributed by atoms with Crippen molar-refractivity contribution in [1.82, 2.24) is 5.32 Å². The number of amides is 1. The SMILES string of the molecule is Cc1ccc([N+](=O)[O-])cc1N(CC(=O)NCc1ccccc1)S(C)(=O)=O. The van der Waals surface area contributed by atoms with Gasteiger partial charge in [-0.15, -0.1) is 0 Å². The summed E-state index contributed by atoms with van der Waals surface area (Å²) in [5.41, 5.74) is 1.25. The smallest absolute Gasteiger partial charge is 0.271 e.